The van der Waals surface area contributed by atoms with E-state index in [2.05, 4.69) is 0 Å². The molecule has 1 unspecified atom stereocenters. The molecule has 0 aliphatic heterocycles. The number of nitrogens with two attached hydrogens (primary N) is 1. The third-order valence-electron chi connectivity index (χ3n) is 1.14. The molecule has 0 amide bonds. The van der Waals surface area contributed by atoms with E-state index in [0.29, 0.717) is 0 Å². The Morgan fingerprint density at radius 2 is 1.58 bits per heavy atom. The second-order valence-electron chi connectivity index (χ2n) is 1.86. The molecule has 0 heterocycles. The van der Waals surface area contributed by atoms with Gasteiger partial charge in [-0.1, -0.05) is 51.6 Å². The molecule has 70 valence electrons. The Bertz CT molecular complexity index is 172. The summed E-state index contributed by atoms with van der Waals surface area (Å²) in [4.78, 5) is 0. The maximum absolute atomic E-state index is 8.80. The van der Waals surface area contributed by atoms with Gasteiger partial charge in [-0.05, 0) is 5.56 Å². The van der Waals surface area contributed by atoms with Gasteiger partial charge in [0.15, 0.2) is 0 Å². The summed E-state index contributed by atoms with van der Waals surface area (Å²) in [5, 5.41) is 8.80. The molecule has 0 aromatic heterocycles. The van der Waals surface area contributed by atoms with Crippen LogP contribution in [0.3, 0.4) is 0 Å². The lowest BCUT2D eigenvalue weighted by Gasteiger charge is -2.01. The summed E-state index contributed by atoms with van der Waals surface area (Å²) in [6.07, 6.45) is -0.841. The van der Waals surface area contributed by atoms with Gasteiger partial charge < -0.3 is 10.8 Å². The Labute approximate surface area is 75.0 Å². The van der Waals surface area contributed by atoms with Gasteiger partial charge in [0.1, 0.15) is 6.23 Å². The predicted octanol–water partition coefficient (Wildman–Crippen LogP) is 2.30. The Hall–Kier alpha value is -0.860. The van der Waals surface area contributed by atoms with Gasteiger partial charge >= 0.3 is 0 Å². The maximum atomic E-state index is 8.80. The number of hydrogen-bond donors (Lipinski definition) is 2. The molecule has 0 aliphatic carbocycles. The molecule has 1 atom stereocenters. The van der Waals surface area contributed by atoms with Crippen LogP contribution in [0.25, 0.3) is 0 Å². The minimum absolute atomic E-state index is 0. The molecule has 0 aliphatic rings. The molecule has 0 saturated heterocycles. The standard InChI is InChI=1S/C7H9NO.C2H6.CH4/c8-7(9)6-4-2-1-3-5-6;1-2;/h1-5,7,9H,8H2;1-2H3;1H4. The van der Waals surface area contributed by atoms with Gasteiger partial charge in [-0.2, -0.15) is 0 Å². The highest BCUT2D eigenvalue weighted by atomic mass is 16.3. The van der Waals surface area contributed by atoms with Gasteiger partial charge in [-0.3, -0.25) is 0 Å². The van der Waals surface area contributed by atoms with Crippen LogP contribution < -0.4 is 5.73 Å². The van der Waals surface area contributed by atoms with Gasteiger partial charge in [0, 0.05) is 0 Å². The molecule has 1 aromatic carbocycles. The van der Waals surface area contributed by atoms with Gasteiger partial charge in [0.05, 0.1) is 0 Å². The average Bonchev–Trinajstić information content (AvgIpc) is 2.10. The molecule has 1 aromatic rings. The van der Waals surface area contributed by atoms with Crippen molar-refractivity contribution in [1.29, 1.82) is 0 Å². The van der Waals surface area contributed by atoms with E-state index in [1.54, 1.807) is 12.1 Å². The first-order valence-corrected chi connectivity index (χ1v) is 3.79. The molecule has 0 bridgehead atoms. The summed E-state index contributed by atoms with van der Waals surface area (Å²) in [5.74, 6) is 0. The second kappa shape index (κ2) is 8.24. The van der Waals surface area contributed by atoms with Crippen LogP contribution in [0, 0.1) is 0 Å². The zero-order valence-electron chi connectivity index (χ0n) is 6.99. The number of benzene rings is 1. The van der Waals surface area contributed by atoms with Crippen molar-refractivity contribution in [3.05, 3.63) is 35.9 Å². The quantitative estimate of drug-likeness (QED) is 0.634. The van der Waals surface area contributed by atoms with Crippen LogP contribution in [0.5, 0.6) is 0 Å². The van der Waals surface area contributed by atoms with Gasteiger partial charge in [0.25, 0.3) is 0 Å². The number of aliphatic hydroxyl groups is 1. The van der Waals surface area contributed by atoms with E-state index in [-0.39, 0.29) is 7.43 Å². The van der Waals surface area contributed by atoms with Crippen molar-refractivity contribution >= 4 is 0 Å². The maximum Gasteiger partial charge on any atom is 0.128 e. The Kier molecular flexibility index (Phi) is 9.41. The zero-order valence-corrected chi connectivity index (χ0v) is 6.99. The molecule has 0 spiro atoms. The highest BCUT2D eigenvalue weighted by molar-refractivity contribution is 5.15. The summed E-state index contributed by atoms with van der Waals surface area (Å²) in [5.41, 5.74) is 5.92. The zero-order chi connectivity index (χ0) is 8.69. The monoisotopic (exact) mass is 169 g/mol. The first kappa shape index (κ1) is 13.7. The normalized spacial score (nSPS) is 10.3. The summed E-state index contributed by atoms with van der Waals surface area (Å²) in [6.45, 7) is 4.00. The summed E-state index contributed by atoms with van der Waals surface area (Å²) < 4.78 is 0. The molecule has 3 N–H and O–H groups in total. The van der Waals surface area contributed by atoms with Crippen molar-refractivity contribution in [3.63, 3.8) is 0 Å². The second-order valence-corrected chi connectivity index (χ2v) is 1.86. The lowest BCUT2D eigenvalue weighted by atomic mass is 10.2. The van der Waals surface area contributed by atoms with Crippen molar-refractivity contribution < 1.29 is 5.11 Å². The van der Waals surface area contributed by atoms with Gasteiger partial charge in [0.2, 0.25) is 0 Å². The van der Waals surface area contributed by atoms with Crippen LogP contribution >= 0.6 is 0 Å². The van der Waals surface area contributed by atoms with Crippen LogP contribution in [0.4, 0.5) is 0 Å². The predicted molar refractivity (Wildman–Crippen MR) is 53.7 cm³/mol. The van der Waals surface area contributed by atoms with Crippen LogP contribution in [0.15, 0.2) is 30.3 Å². The Morgan fingerprint density at radius 1 is 1.17 bits per heavy atom. The molecule has 2 nitrogen and oxygen atoms in total. The van der Waals surface area contributed by atoms with E-state index in [4.69, 9.17) is 10.8 Å². The Balaban J connectivity index is 0. The minimum Gasteiger partial charge on any atom is -0.375 e. The van der Waals surface area contributed by atoms with E-state index in [1.165, 1.54) is 0 Å². The fourth-order valence-electron chi connectivity index (χ4n) is 0.650. The van der Waals surface area contributed by atoms with Crippen molar-refractivity contribution in [2.45, 2.75) is 27.5 Å². The third-order valence-corrected chi connectivity index (χ3v) is 1.14. The highest BCUT2D eigenvalue weighted by Crippen LogP contribution is 2.04. The molecule has 0 radical (unpaired) electrons. The third kappa shape index (κ3) is 4.88. The highest BCUT2D eigenvalue weighted by Gasteiger charge is 1.95. The van der Waals surface area contributed by atoms with E-state index < -0.39 is 6.23 Å². The van der Waals surface area contributed by atoms with Crippen LogP contribution in [-0.4, -0.2) is 5.11 Å². The van der Waals surface area contributed by atoms with Crippen molar-refractivity contribution in [2.75, 3.05) is 0 Å². The molecule has 1 rings (SSSR count). The van der Waals surface area contributed by atoms with Crippen molar-refractivity contribution in [1.82, 2.24) is 0 Å². The number of rotatable bonds is 1. The molecule has 2 heteroatoms. The van der Waals surface area contributed by atoms with Crippen molar-refractivity contribution in [2.24, 2.45) is 5.73 Å². The molecule has 0 fully saturated rings. The lowest BCUT2D eigenvalue weighted by Crippen LogP contribution is -2.07. The summed E-state index contributed by atoms with van der Waals surface area (Å²) in [7, 11) is 0. The fourth-order valence-corrected chi connectivity index (χ4v) is 0.650. The van der Waals surface area contributed by atoms with E-state index >= 15 is 0 Å². The van der Waals surface area contributed by atoms with E-state index in [0.717, 1.165) is 5.56 Å². The first-order chi connectivity index (χ1) is 5.30. The average molecular weight is 169 g/mol. The van der Waals surface area contributed by atoms with Crippen LogP contribution in [0.2, 0.25) is 0 Å². The smallest absolute Gasteiger partial charge is 0.128 e. The largest absolute Gasteiger partial charge is 0.375 e. The fraction of sp³-hybridized carbons (Fsp3) is 0.400. The first-order valence-electron chi connectivity index (χ1n) is 3.79. The number of hydrogen-bond acceptors (Lipinski definition) is 2. The minimum atomic E-state index is -0.841. The molecule has 12 heavy (non-hydrogen) atoms. The van der Waals surface area contributed by atoms with E-state index in [9.17, 15) is 0 Å². The molecular weight excluding hydrogens is 150 g/mol. The molecule has 0 saturated carbocycles. The Morgan fingerprint density at radius 3 is 1.83 bits per heavy atom. The van der Waals surface area contributed by atoms with Gasteiger partial charge in [-0.15, -0.1) is 0 Å². The SMILES string of the molecule is C.CC.NC(O)c1ccccc1. The summed E-state index contributed by atoms with van der Waals surface area (Å²) in [6, 6.07) is 9.12. The van der Waals surface area contributed by atoms with E-state index in [1.807, 2.05) is 32.0 Å². The lowest BCUT2D eigenvalue weighted by molar-refractivity contribution is 0.186. The van der Waals surface area contributed by atoms with Gasteiger partial charge in [-0.25, -0.2) is 0 Å². The summed E-state index contributed by atoms with van der Waals surface area (Å²) >= 11 is 0. The van der Waals surface area contributed by atoms with Crippen molar-refractivity contribution in [3.8, 4) is 0 Å². The van der Waals surface area contributed by atoms with Crippen LogP contribution in [-0.2, 0) is 0 Å². The number of aliphatic hydroxyl groups excluding tert-OH is 1. The molecular formula is C10H19NO. The van der Waals surface area contributed by atoms with Crippen LogP contribution in [0.1, 0.15) is 33.1 Å². The topological polar surface area (TPSA) is 46.2 Å².